The highest BCUT2D eigenvalue weighted by atomic mass is 16.8. The average Bonchev–Trinajstić information content (AvgIpc) is 3.60. The normalized spacial score (nSPS) is 28.0. The van der Waals surface area contributed by atoms with Crippen LogP contribution in [0.2, 0.25) is 0 Å². The number of azo groups is 1. The fraction of sp³-hybridized carbons (Fsp3) is 0.625. The van der Waals surface area contributed by atoms with Gasteiger partial charge in [0.15, 0.2) is 17.9 Å². The van der Waals surface area contributed by atoms with Crippen molar-refractivity contribution >= 4 is 17.1 Å². The van der Waals surface area contributed by atoms with E-state index in [9.17, 15) is 0 Å². The minimum absolute atomic E-state index is 0.231. The fourth-order valence-corrected chi connectivity index (χ4v) is 5.48. The van der Waals surface area contributed by atoms with Crippen molar-refractivity contribution in [2.45, 2.75) is 89.7 Å². The van der Waals surface area contributed by atoms with E-state index in [-0.39, 0.29) is 24.4 Å². The Morgan fingerprint density at radius 2 is 1.52 bits per heavy atom. The second-order valence-corrected chi connectivity index (χ2v) is 11.7. The highest BCUT2D eigenvalue weighted by Gasteiger charge is 2.58. The van der Waals surface area contributed by atoms with Crippen LogP contribution in [0.5, 0.6) is 0 Å². The van der Waals surface area contributed by atoms with Gasteiger partial charge in [-0.2, -0.15) is 10.2 Å². The van der Waals surface area contributed by atoms with Crippen LogP contribution in [-0.2, 0) is 33.2 Å². The van der Waals surface area contributed by atoms with E-state index in [1.165, 1.54) is 0 Å². The van der Waals surface area contributed by atoms with Crippen LogP contribution in [0.3, 0.4) is 0 Å². The molecule has 2 aromatic rings. The van der Waals surface area contributed by atoms with Gasteiger partial charge in [0.25, 0.3) is 0 Å². The summed E-state index contributed by atoms with van der Waals surface area (Å²) in [5, 5.41) is 8.62. The number of fused-ring (bicyclic) bond motifs is 1. The molecule has 0 aliphatic carbocycles. The molecule has 1 unspecified atom stereocenters. The Morgan fingerprint density at radius 3 is 2.21 bits per heavy atom. The Kier molecular flexibility index (Phi) is 10.3. The molecule has 3 saturated heterocycles. The van der Waals surface area contributed by atoms with Crippen LogP contribution in [0.25, 0.3) is 0 Å². The summed E-state index contributed by atoms with van der Waals surface area (Å²) in [5.74, 6) is -1.34. The quantitative estimate of drug-likeness (QED) is 0.194. The Balaban J connectivity index is 1.00. The Hall–Kier alpha value is -2.44. The lowest BCUT2D eigenvalue weighted by molar-refractivity contribution is -0.236. The van der Waals surface area contributed by atoms with Crippen molar-refractivity contribution in [3.8, 4) is 0 Å². The minimum Gasteiger partial charge on any atom is -0.380 e. The molecule has 0 N–H and O–H groups in total. The van der Waals surface area contributed by atoms with E-state index in [2.05, 4.69) is 34.2 Å². The molecule has 0 spiro atoms. The third-order valence-electron chi connectivity index (χ3n) is 7.56. The number of hydrogen-bond acceptors (Lipinski definition) is 10. The lowest BCUT2D eigenvalue weighted by Crippen LogP contribution is -2.44. The first-order chi connectivity index (χ1) is 20.2. The number of unbranched alkanes of at least 4 members (excludes halogenated alkanes) is 1. The van der Waals surface area contributed by atoms with Gasteiger partial charge in [-0.1, -0.05) is 18.2 Å². The van der Waals surface area contributed by atoms with Crippen molar-refractivity contribution in [2.24, 2.45) is 10.2 Å². The van der Waals surface area contributed by atoms with Crippen molar-refractivity contribution in [3.63, 3.8) is 0 Å². The predicted molar refractivity (Wildman–Crippen MR) is 158 cm³/mol. The highest BCUT2D eigenvalue weighted by molar-refractivity contribution is 5.52. The van der Waals surface area contributed by atoms with Crippen LogP contribution in [0.4, 0.5) is 17.1 Å². The third kappa shape index (κ3) is 8.13. The molecule has 0 aromatic heterocycles. The van der Waals surface area contributed by atoms with Crippen LogP contribution in [0.1, 0.15) is 47.5 Å². The molecule has 0 bridgehead atoms. The maximum absolute atomic E-state index is 6.33. The van der Waals surface area contributed by atoms with Gasteiger partial charge < -0.3 is 38.1 Å². The number of ether oxygens (including phenoxy) is 7. The second kappa shape index (κ2) is 13.9. The zero-order chi connectivity index (χ0) is 29.6. The third-order valence-corrected chi connectivity index (χ3v) is 7.56. The van der Waals surface area contributed by atoms with E-state index in [4.69, 9.17) is 33.2 Å². The largest absolute Gasteiger partial charge is 0.380 e. The van der Waals surface area contributed by atoms with Crippen LogP contribution in [0.15, 0.2) is 64.8 Å². The monoisotopic (exact) mass is 583 g/mol. The van der Waals surface area contributed by atoms with Crippen molar-refractivity contribution in [1.82, 2.24) is 0 Å². The summed E-state index contributed by atoms with van der Waals surface area (Å²) in [6, 6.07) is 17.9. The van der Waals surface area contributed by atoms with Crippen molar-refractivity contribution < 1.29 is 33.2 Å². The van der Waals surface area contributed by atoms with Crippen LogP contribution < -0.4 is 4.90 Å². The first-order valence-electron chi connectivity index (χ1n) is 15.1. The molecule has 0 saturated carbocycles. The van der Waals surface area contributed by atoms with Crippen LogP contribution in [0, 0.1) is 0 Å². The molecule has 0 amide bonds. The van der Waals surface area contributed by atoms with Gasteiger partial charge in [-0.05, 0) is 83.9 Å². The Morgan fingerprint density at radius 1 is 0.810 bits per heavy atom. The van der Waals surface area contributed by atoms with E-state index >= 15 is 0 Å². The molecule has 0 radical (unpaired) electrons. The Bertz CT molecular complexity index is 1140. The molecule has 2 aromatic carbocycles. The molecule has 3 aliphatic heterocycles. The van der Waals surface area contributed by atoms with Gasteiger partial charge in [0.1, 0.15) is 24.4 Å². The molecule has 3 heterocycles. The summed E-state index contributed by atoms with van der Waals surface area (Å²) in [7, 11) is 0. The molecule has 3 fully saturated rings. The summed E-state index contributed by atoms with van der Waals surface area (Å²) in [5.41, 5.74) is 2.80. The van der Waals surface area contributed by atoms with Crippen LogP contribution >= 0.6 is 0 Å². The first kappa shape index (κ1) is 31.0. The van der Waals surface area contributed by atoms with Crippen molar-refractivity contribution in [2.75, 3.05) is 44.4 Å². The number of rotatable bonds is 14. The number of nitrogens with zero attached hydrogens (tertiary/aromatic N) is 3. The molecule has 5 rings (SSSR count). The summed E-state index contributed by atoms with van der Waals surface area (Å²) < 4.78 is 42.4. The molecule has 5 atom stereocenters. The van der Waals surface area contributed by atoms with E-state index in [1.807, 2.05) is 70.2 Å². The first-order valence-corrected chi connectivity index (χ1v) is 15.1. The van der Waals surface area contributed by atoms with Crippen molar-refractivity contribution in [3.05, 3.63) is 54.6 Å². The molecule has 10 nitrogen and oxygen atoms in total. The minimum atomic E-state index is -0.704. The number of anilines is 1. The number of benzene rings is 2. The van der Waals surface area contributed by atoms with Gasteiger partial charge in [-0.15, -0.1) is 0 Å². The van der Waals surface area contributed by atoms with Crippen LogP contribution in [-0.4, -0.2) is 81.8 Å². The molecule has 10 heteroatoms. The zero-order valence-corrected chi connectivity index (χ0v) is 25.4. The van der Waals surface area contributed by atoms with Gasteiger partial charge in [-0.25, -0.2) is 0 Å². The maximum Gasteiger partial charge on any atom is 0.190 e. The number of likely N-dealkylation sites (N-methyl/N-ethyl adjacent to an activating group) is 1. The van der Waals surface area contributed by atoms with E-state index in [0.29, 0.717) is 26.4 Å². The predicted octanol–water partition coefficient (Wildman–Crippen LogP) is 6.14. The molecule has 42 heavy (non-hydrogen) atoms. The lowest BCUT2D eigenvalue weighted by atomic mass is 10.1. The van der Waals surface area contributed by atoms with E-state index in [0.717, 1.165) is 43.0 Å². The average molecular weight is 584 g/mol. The van der Waals surface area contributed by atoms with Gasteiger partial charge in [0.05, 0.1) is 24.6 Å². The van der Waals surface area contributed by atoms with Gasteiger partial charge in [-0.3, -0.25) is 0 Å². The fourth-order valence-electron chi connectivity index (χ4n) is 5.48. The smallest absolute Gasteiger partial charge is 0.190 e. The zero-order valence-electron chi connectivity index (χ0n) is 25.4. The summed E-state index contributed by atoms with van der Waals surface area (Å²) >= 11 is 0. The molecule has 3 aliphatic rings. The van der Waals surface area contributed by atoms with Gasteiger partial charge >= 0.3 is 0 Å². The van der Waals surface area contributed by atoms with E-state index < -0.39 is 17.9 Å². The maximum atomic E-state index is 6.33. The topological polar surface area (TPSA) is 92.6 Å². The van der Waals surface area contributed by atoms with E-state index in [1.54, 1.807) is 0 Å². The van der Waals surface area contributed by atoms with Crippen molar-refractivity contribution in [1.29, 1.82) is 0 Å². The standard InChI is InChI=1S/C32H45N3O7/c1-6-35(25-16-14-24(15-17-25)34-33-23-12-8-7-9-13-23)18-21-36-19-10-11-20-37-28-27(26-22-38-31(2,3)40-26)39-30-29(28)41-32(4,5)42-30/h7-9,12-17,26-30H,6,10-11,18-22H2,1-5H3/t26-,27-,28+,29-,30?/m1/s1. The summed E-state index contributed by atoms with van der Waals surface area (Å²) in [4.78, 5) is 2.29. The lowest BCUT2D eigenvalue weighted by Gasteiger charge is -2.29. The summed E-state index contributed by atoms with van der Waals surface area (Å²) in [6.07, 6.45) is 0.176. The summed E-state index contributed by atoms with van der Waals surface area (Å²) in [6.45, 7) is 13.8. The number of hydrogen-bond donors (Lipinski definition) is 0. The molecule has 230 valence electrons. The van der Waals surface area contributed by atoms with Gasteiger partial charge in [0, 0.05) is 32.0 Å². The molecular weight excluding hydrogens is 538 g/mol. The highest BCUT2D eigenvalue weighted by Crippen LogP contribution is 2.42. The SMILES string of the molecule is CCN(CCOCCCCO[C@H]1[C@@H]([C@H]2COC(C)(C)O2)OC2OC(C)(C)O[C@@H]21)c1ccc(N=Nc2ccccc2)cc1. The molecular formula is C32H45N3O7. The van der Waals surface area contributed by atoms with Gasteiger partial charge in [0.2, 0.25) is 0 Å². The Labute approximate surface area is 249 Å². The second-order valence-electron chi connectivity index (χ2n) is 11.7.